The molecule has 0 saturated carbocycles. The van der Waals surface area contributed by atoms with Crippen LogP contribution >= 0.6 is 30.2 Å². The molecule has 0 radical (unpaired) electrons. The van der Waals surface area contributed by atoms with E-state index in [2.05, 4.69) is 27.9 Å². The first-order valence-electron chi connectivity index (χ1n) is 8.89. The number of hydrogen-bond acceptors (Lipinski definition) is 5. The molecule has 2 N–H and O–H groups in total. The first-order valence-corrected chi connectivity index (χ1v) is 11.6. The smallest absolute Gasteiger partial charge is 0.357 e. The molecular formula is C20H27INO4P. The Morgan fingerprint density at radius 2 is 1.56 bits per heavy atom. The van der Waals surface area contributed by atoms with Crippen LogP contribution in [0.5, 0.6) is 5.75 Å². The van der Waals surface area contributed by atoms with Gasteiger partial charge in [0.25, 0.3) is 0 Å². The van der Waals surface area contributed by atoms with Crippen molar-refractivity contribution in [2.75, 3.05) is 5.32 Å². The van der Waals surface area contributed by atoms with Gasteiger partial charge in [-0.3, -0.25) is 4.57 Å². The number of halogens is 1. The van der Waals surface area contributed by atoms with Crippen LogP contribution in [0.25, 0.3) is 0 Å². The fourth-order valence-electron chi connectivity index (χ4n) is 2.67. The molecule has 0 aliphatic rings. The molecule has 0 fully saturated rings. The summed E-state index contributed by atoms with van der Waals surface area (Å²) in [5, 5.41) is 13.0. The lowest BCUT2D eigenvalue weighted by molar-refractivity contribution is 0.138. The van der Waals surface area contributed by atoms with E-state index in [9.17, 15) is 9.67 Å². The molecule has 7 heteroatoms. The Balaban J connectivity index is 2.52. The molecule has 0 aromatic heterocycles. The second kappa shape index (κ2) is 9.41. The summed E-state index contributed by atoms with van der Waals surface area (Å²) in [6.45, 7) is 9.33. The maximum atomic E-state index is 13.8. The van der Waals surface area contributed by atoms with Crippen molar-refractivity contribution in [3.05, 3.63) is 57.2 Å². The first kappa shape index (κ1) is 22.2. The molecule has 1 unspecified atom stereocenters. The summed E-state index contributed by atoms with van der Waals surface area (Å²) in [5.41, 5.74) is 2.61. The third kappa shape index (κ3) is 6.21. The van der Waals surface area contributed by atoms with Gasteiger partial charge in [-0.15, -0.1) is 0 Å². The lowest BCUT2D eigenvalue weighted by Gasteiger charge is -2.31. The SMILES string of the molecule is Cc1cc(I)ccc1NC(c1ccc(O)cc1)P(=O)(OC(C)C)OC(C)C. The Bertz CT molecular complexity index is 794. The van der Waals surface area contributed by atoms with Gasteiger partial charge in [0.2, 0.25) is 0 Å². The molecule has 0 bridgehead atoms. The minimum Gasteiger partial charge on any atom is -0.508 e. The van der Waals surface area contributed by atoms with Gasteiger partial charge in [0.1, 0.15) is 5.75 Å². The number of anilines is 1. The molecule has 1 atom stereocenters. The number of aryl methyl sites for hydroxylation is 1. The van der Waals surface area contributed by atoms with Crippen LogP contribution in [0.2, 0.25) is 0 Å². The summed E-state index contributed by atoms with van der Waals surface area (Å²) in [7, 11) is -3.57. The Kier molecular flexibility index (Phi) is 7.74. The van der Waals surface area contributed by atoms with Gasteiger partial charge < -0.3 is 19.5 Å². The van der Waals surface area contributed by atoms with E-state index in [4.69, 9.17) is 9.05 Å². The van der Waals surface area contributed by atoms with Crippen LogP contribution in [-0.4, -0.2) is 17.3 Å². The zero-order valence-corrected chi connectivity index (χ0v) is 19.3. The van der Waals surface area contributed by atoms with Crippen LogP contribution in [0.3, 0.4) is 0 Å². The number of phenols is 1. The number of hydrogen-bond donors (Lipinski definition) is 2. The van der Waals surface area contributed by atoms with Gasteiger partial charge >= 0.3 is 7.60 Å². The predicted molar refractivity (Wildman–Crippen MR) is 118 cm³/mol. The van der Waals surface area contributed by atoms with Crippen molar-refractivity contribution in [3.63, 3.8) is 0 Å². The zero-order chi connectivity index (χ0) is 20.2. The van der Waals surface area contributed by atoms with Crippen LogP contribution < -0.4 is 5.32 Å². The highest BCUT2D eigenvalue weighted by atomic mass is 127. The van der Waals surface area contributed by atoms with Gasteiger partial charge in [-0.25, -0.2) is 0 Å². The van der Waals surface area contributed by atoms with Crippen LogP contribution in [0.4, 0.5) is 5.69 Å². The number of phenolic OH excluding ortho intramolecular Hbond substituents is 1. The van der Waals surface area contributed by atoms with Crippen molar-refractivity contribution in [1.29, 1.82) is 0 Å². The second-order valence-corrected chi connectivity index (χ2v) is 10.2. The van der Waals surface area contributed by atoms with Crippen LogP contribution in [-0.2, 0) is 13.6 Å². The average Bonchev–Trinajstić information content (AvgIpc) is 2.53. The molecule has 0 amide bonds. The molecular weight excluding hydrogens is 476 g/mol. The molecule has 0 heterocycles. The molecule has 2 rings (SSSR count). The quantitative estimate of drug-likeness (QED) is 0.320. The minimum absolute atomic E-state index is 0.146. The van der Waals surface area contributed by atoms with Crippen molar-refractivity contribution in [2.45, 2.75) is 52.6 Å². The van der Waals surface area contributed by atoms with Gasteiger partial charge in [-0.05, 0) is 98.7 Å². The molecule has 0 aliphatic carbocycles. The molecule has 2 aromatic carbocycles. The van der Waals surface area contributed by atoms with E-state index in [1.165, 1.54) is 0 Å². The monoisotopic (exact) mass is 503 g/mol. The van der Waals surface area contributed by atoms with Gasteiger partial charge in [0.15, 0.2) is 5.78 Å². The third-order valence-electron chi connectivity index (χ3n) is 3.72. The Labute approximate surface area is 175 Å². The third-order valence-corrected chi connectivity index (χ3v) is 6.88. The number of aromatic hydroxyl groups is 1. The largest absolute Gasteiger partial charge is 0.508 e. The van der Waals surface area contributed by atoms with Gasteiger partial charge in [0.05, 0.1) is 12.2 Å². The van der Waals surface area contributed by atoms with Gasteiger partial charge in [-0.1, -0.05) is 12.1 Å². The topological polar surface area (TPSA) is 67.8 Å². The van der Waals surface area contributed by atoms with Gasteiger partial charge in [-0.2, -0.15) is 0 Å². The molecule has 2 aromatic rings. The Hall–Kier alpha value is -1.08. The molecule has 27 heavy (non-hydrogen) atoms. The number of nitrogens with one attached hydrogen (secondary N) is 1. The summed E-state index contributed by atoms with van der Waals surface area (Å²) in [6.07, 6.45) is -0.539. The second-order valence-electron chi connectivity index (χ2n) is 6.95. The van der Waals surface area contributed by atoms with Crippen molar-refractivity contribution in [2.24, 2.45) is 0 Å². The van der Waals surface area contributed by atoms with E-state index in [0.717, 1.165) is 20.4 Å². The molecule has 0 aliphatic heterocycles. The minimum atomic E-state index is -3.57. The molecule has 0 saturated heterocycles. The van der Waals surface area contributed by atoms with Crippen molar-refractivity contribution < 1.29 is 18.7 Å². The number of benzene rings is 2. The van der Waals surface area contributed by atoms with Crippen LogP contribution in [0, 0.1) is 10.5 Å². The van der Waals surface area contributed by atoms with E-state index in [0.29, 0.717) is 0 Å². The summed E-state index contributed by atoms with van der Waals surface area (Å²) in [6, 6.07) is 12.6. The average molecular weight is 503 g/mol. The van der Waals surface area contributed by atoms with E-state index in [1.54, 1.807) is 24.3 Å². The number of rotatable bonds is 8. The van der Waals surface area contributed by atoms with E-state index in [1.807, 2.05) is 52.8 Å². The Morgan fingerprint density at radius 1 is 1.00 bits per heavy atom. The fraction of sp³-hybridized carbons (Fsp3) is 0.400. The highest BCUT2D eigenvalue weighted by Gasteiger charge is 2.39. The standard InChI is InChI=1S/C20H27INO4P/c1-13(2)25-27(24,26-14(3)4)20(16-6-9-18(23)10-7-16)22-19-11-8-17(21)12-15(19)5/h6-14,20,22-23H,1-5H3. The molecule has 0 spiro atoms. The van der Waals surface area contributed by atoms with Crippen molar-refractivity contribution in [1.82, 2.24) is 0 Å². The maximum absolute atomic E-state index is 13.8. The van der Waals surface area contributed by atoms with E-state index in [-0.39, 0.29) is 18.0 Å². The van der Waals surface area contributed by atoms with Crippen LogP contribution in [0.15, 0.2) is 42.5 Å². The normalized spacial score (nSPS) is 13.2. The first-order chi connectivity index (χ1) is 12.6. The predicted octanol–water partition coefficient (Wildman–Crippen LogP) is 6.46. The fourth-order valence-corrected chi connectivity index (χ4v) is 5.62. The summed E-state index contributed by atoms with van der Waals surface area (Å²) in [5.74, 6) is -0.561. The summed E-state index contributed by atoms with van der Waals surface area (Å²) >= 11 is 2.26. The van der Waals surface area contributed by atoms with Crippen molar-refractivity contribution >= 4 is 35.9 Å². The van der Waals surface area contributed by atoms with Gasteiger partial charge in [0, 0.05) is 9.26 Å². The summed E-state index contributed by atoms with van der Waals surface area (Å²) < 4.78 is 26.6. The highest BCUT2D eigenvalue weighted by Crippen LogP contribution is 2.62. The molecule has 148 valence electrons. The van der Waals surface area contributed by atoms with Crippen LogP contribution in [0.1, 0.15) is 44.6 Å². The maximum Gasteiger partial charge on any atom is 0.357 e. The van der Waals surface area contributed by atoms with E-state index >= 15 is 0 Å². The van der Waals surface area contributed by atoms with E-state index < -0.39 is 13.4 Å². The lowest BCUT2D eigenvalue weighted by atomic mass is 10.1. The summed E-state index contributed by atoms with van der Waals surface area (Å²) in [4.78, 5) is 0. The highest BCUT2D eigenvalue weighted by molar-refractivity contribution is 14.1. The lowest BCUT2D eigenvalue weighted by Crippen LogP contribution is -2.19. The molecule has 5 nitrogen and oxygen atoms in total. The zero-order valence-electron chi connectivity index (χ0n) is 16.3. The van der Waals surface area contributed by atoms with Crippen molar-refractivity contribution in [3.8, 4) is 5.75 Å². The Morgan fingerprint density at radius 3 is 2.04 bits per heavy atom.